The Morgan fingerprint density at radius 3 is 2.62 bits per heavy atom. The molecule has 0 saturated heterocycles. The molecule has 0 atom stereocenters. The summed E-state index contributed by atoms with van der Waals surface area (Å²) in [6, 6.07) is 8.06. The zero-order valence-electron chi connectivity index (χ0n) is 13.2. The molecule has 3 heteroatoms. The Hall–Kier alpha value is -1.90. The monoisotopic (exact) mass is 282 g/mol. The zero-order valence-corrected chi connectivity index (χ0v) is 13.2. The molecule has 1 aromatic carbocycles. The number of aryl methyl sites for hydroxylation is 2. The predicted molar refractivity (Wildman–Crippen MR) is 84.0 cm³/mol. The van der Waals surface area contributed by atoms with Crippen molar-refractivity contribution in [2.45, 2.75) is 52.4 Å². The van der Waals surface area contributed by atoms with Crippen LogP contribution in [-0.4, -0.2) is 9.97 Å². The van der Waals surface area contributed by atoms with Crippen molar-refractivity contribution >= 4 is 0 Å². The lowest BCUT2D eigenvalue weighted by Crippen LogP contribution is -2.26. The average Bonchev–Trinajstić information content (AvgIpc) is 2.42. The van der Waals surface area contributed by atoms with E-state index in [0.717, 1.165) is 41.6 Å². The summed E-state index contributed by atoms with van der Waals surface area (Å²) < 4.78 is 6.13. The minimum atomic E-state index is 0.102. The van der Waals surface area contributed by atoms with Gasteiger partial charge in [-0.1, -0.05) is 32.0 Å². The fourth-order valence-corrected chi connectivity index (χ4v) is 3.04. The van der Waals surface area contributed by atoms with Crippen LogP contribution in [0.25, 0.3) is 0 Å². The van der Waals surface area contributed by atoms with Crippen molar-refractivity contribution in [1.29, 1.82) is 0 Å². The van der Waals surface area contributed by atoms with E-state index in [4.69, 9.17) is 9.72 Å². The van der Waals surface area contributed by atoms with E-state index < -0.39 is 0 Å². The van der Waals surface area contributed by atoms with Crippen LogP contribution in [0.4, 0.5) is 0 Å². The average molecular weight is 282 g/mol. The molecule has 3 nitrogen and oxygen atoms in total. The summed E-state index contributed by atoms with van der Waals surface area (Å²) in [5.41, 5.74) is 3.56. The second-order valence-corrected chi connectivity index (χ2v) is 6.51. The van der Waals surface area contributed by atoms with E-state index >= 15 is 0 Å². The first-order valence-electron chi connectivity index (χ1n) is 7.59. The summed E-state index contributed by atoms with van der Waals surface area (Å²) in [6.45, 7) is 8.51. The van der Waals surface area contributed by atoms with E-state index in [9.17, 15) is 0 Å². The van der Waals surface area contributed by atoms with Crippen molar-refractivity contribution in [2.75, 3.05) is 0 Å². The van der Waals surface area contributed by atoms with Crippen LogP contribution in [0.5, 0.6) is 11.6 Å². The topological polar surface area (TPSA) is 35.0 Å². The van der Waals surface area contributed by atoms with Gasteiger partial charge in [-0.05, 0) is 44.7 Å². The maximum atomic E-state index is 6.13. The summed E-state index contributed by atoms with van der Waals surface area (Å²) >= 11 is 0. The van der Waals surface area contributed by atoms with Crippen LogP contribution in [0.15, 0.2) is 24.3 Å². The third kappa shape index (κ3) is 2.65. The van der Waals surface area contributed by atoms with Gasteiger partial charge in [-0.2, -0.15) is 4.98 Å². The Balaban J connectivity index is 2.08. The van der Waals surface area contributed by atoms with Gasteiger partial charge in [-0.3, -0.25) is 0 Å². The Labute approximate surface area is 126 Å². The number of ether oxygens (including phenoxy) is 1. The molecule has 0 N–H and O–H groups in total. The van der Waals surface area contributed by atoms with Crippen LogP contribution in [0, 0.1) is 13.8 Å². The number of nitrogens with zero attached hydrogens (tertiary/aromatic N) is 2. The van der Waals surface area contributed by atoms with Crippen molar-refractivity contribution in [1.82, 2.24) is 9.97 Å². The number of hydrogen-bond acceptors (Lipinski definition) is 3. The van der Waals surface area contributed by atoms with Gasteiger partial charge in [-0.25, -0.2) is 4.98 Å². The first-order valence-corrected chi connectivity index (χ1v) is 7.59. The molecular formula is C18H22N2O. The highest BCUT2D eigenvalue weighted by atomic mass is 16.5. The molecule has 0 radical (unpaired) electrons. The molecule has 0 bridgehead atoms. The van der Waals surface area contributed by atoms with Gasteiger partial charge in [0, 0.05) is 11.0 Å². The Bertz CT molecular complexity index is 677. The summed E-state index contributed by atoms with van der Waals surface area (Å²) in [5.74, 6) is 2.40. The van der Waals surface area contributed by atoms with Crippen molar-refractivity contribution in [3.05, 3.63) is 46.9 Å². The smallest absolute Gasteiger partial charge is 0.226 e. The third-order valence-corrected chi connectivity index (χ3v) is 4.25. The molecule has 110 valence electrons. The van der Waals surface area contributed by atoms with Crippen LogP contribution in [-0.2, 0) is 11.8 Å². The van der Waals surface area contributed by atoms with Gasteiger partial charge >= 0.3 is 0 Å². The van der Waals surface area contributed by atoms with E-state index in [1.54, 1.807) is 0 Å². The number of aromatic nitrogens is 2. The SMILES string of the molecule is Cc1nc(Oc2ccccc2C)c2c(n1)C(C)(C)CCC2. The van der Waals surface area contributed by atoms with Crippen LogP contribution in [0.2, 0.25) is 0 Å². The molecule has 0 amide bonds. The van der Waals surface area contributed by atoms with Crippen molar-refractivity contribution < 1.29 is 4.74 Å². The highest BCUT2D eigenvalue weighted by Gasteiger charge is 2.32. The number of para-hydroxylation sites is 1. The fourth-order valence-electron chi connectivity index (χ4n) is 3.04. The van der Waals surface area contributed by atoms with Crippen LogP contribution < -0.4 is 4.74 Å². The highest BCUT2D eigenvalue weighted by molar-refractivity contribution is 5.42. The van der Waals surface area contributed by atoms with Gasteiger partial charge < -0.3 is 4.74 Å². The van der Waals surface area contributed by atoms with E-state index in [1.807, 2.05) is 25.1 Å². The quantitative estimate of drug-likeness (QED) is 0.813. The number of hydrogen-bond donors (Lipinski definition) is 0. The molecule has 1 aromatic heterocycles. The molecule has 0 aliphatic heterocycles. The van der Waals surface area contributed by atoms with Gasteiger partial charge in [0.2, 0.25) is 5.88 Å². The zero-order chi connectivity index (χ0) is 15.0. The van der Waals surface area contributed by atoms with Crippen LogP contribution in [0.1, 0.15) is 49.3 Å². The van der Waals surface area contributed by atoms with E-state index in [2.05, 4.69) is 31.8 Å². The molecule has 0 saturated carbocycles. The molecule has 0 spiro atoms. The maximum Gasteiger partial charge on any atom is 0.226 e. The minimum absolute atomic E-state index is 0.102. The minimum Gasteiger partial charge on any atom is -0.438 e. The maximum absolute atomic E-state index is 6.13. The number of fused-ring (bicyclic) bond motifs is 1. The molecule has 1 aliphatic carbocycles. The Kier molecular flexibility index (Phi) is 3.44. The first kappa shape index (κ1) is 14.1. The lowest BCUT2D eigenvalue weighted by molar-refractivity contribution is 0.389. The lowest BCUT2D eigenvalue weighted by atomic mass is 9.76. The Morgan fingerprint density at radius 2 is 1.86 bits per heavy atom. The summed E-state index contributed by atoms with van der Waals surface area (Å²) in [4.78, 5) is 9.26. The molecule has 0 fully saturated rings. The summed E-state index contributed by atoms with van der Waals surface area (Å²) in [7, 11) is 0. The second kappa shape index (κ2) is 5.14. The molecule has 1 heterocycles. The van der Waals surface area contributed by atoms with Crippen LogP contribution >= 0.6 is 0 Å². The first-order chi connectivity index (χ1) is 9.97. The van der Waals surface area contributed by atoms with Gasteiger partial charge in [0.15, 0.2) is 0 Å². The lowest BCUT2D eigenvalue weighted by Gasteiger charge is -2.32. The van der Waals surface area contributed by atoms with Gasteiger partial charge in [0.1, 0.15) is 11.6 Å². The number of benzene rings is 1. The fraction of sp³-hybridized carbons (Fsp3) is 0.444. The molecule has 3 rings (SSSR count). The third-order valence-electron chi connectivity index (χ3n) is 4.25. The predicted octanol–water partition coefficient (Wildman–Crippen LogP) is 4.50. The van der Waals surface area contributed by atoms with Crippen molar-refractivity contribution in [3.8, 4) is 11.6 Å². The van der Waals surface area contributed by atoms with Crippen molar-refractivity contribution in [3.63, 3.8) is 0 Å². The van der Waals surface area contributed by atoms with Gasteiger partial charge in [0.25, 0.3) is 0 Å². The van der Waals surface area contributed by atoms with E-state index in [-0.39, 0.29) is 5.41 Å². The standard InChI is InChI=1S/C18H22N2O/c1-12-8-5-6-10-15(12)21-17-14-9-7-11-18(3,4)16(14)19-13(2)20-17/h5-6,8,10H,7,9,11H2,1-4H3. The van der Waals surface area contributed by atoms with Gasteiger partial charge in [0.05, 0.1) is 5.69 Å². The molecule has 21 heavy (non-hydrogen) atoms. The number of rotatable bonds is 2. The van der Waals surface area contributed by atoms with Gasteiger partial charge in [-0.15, -0.1) is 0 Å². The normalized spacial score (nSPS) is 16.4. The highest BCUT2D eigenvalue weighted by Crippen LogP contribution is 2.40. The largest absolute Gasteiger partial charge is 0.438 e. The molecule has 2 aromatic rings. The summed E-state index contributed by atoms with van der Waals surface area (Å²) in [5, 5.41) is 0. The summed E-state index contributed by atoms with van der Waals surface area (Å²) in [6.07, 6.45) is 3.33. The second-order valence-electron chi connectivity index (χ2n) is 6.51. The Morgan fingerprint density at radius 1 is 1.10 bits per heavy atom. The van der Waals surface area contributed by atoms with Crippen LogP contribution in [0.3, 0.4) is 0 Å². The molecule has 1 aliphatic rings. The van der Waals surface area contributed by atoms with E-state index in [1.165, 1.54) is 12.0 Å². The molecule has 0 unspecified atom stereocenters. The molecular weight excluding hydrogens is 260 g/mol. The van der Waals surface area contributed by atoms with E-state index in [0.29, 0.717) is 0 Å². The van der Waals surface area contributed by atoms with Crippen molar-refractivity contribution in [2.24, 2.45) is 0 Å².